The van der Waals surface area contributed by atoms with Gasteiger partial charge in [-0.15, -0.1) is 0 Å². The van der Waals surface area contributed by atoms with E-state index in [9.17, 15) is 15.2 Å². The Kier molecular flexibility index (Phi) is 6.84. The van der Waals surface area contributed by atoms with E-state index in [0.717, 1.165) is 29.4 Å². The molecule has 2 aromatic heterocycles. The maximum Gasteiger partial charge on any atom is 0.252 e. The molecular formula is C24H27ClN6O2. The van der Waals surface area contributed by atoms with Crippen LogP contribution in [-0.2, 0) is 7.05 Å². The van der Waals surface area contributed by atoms with Crippen LogP contribution in [0.4, 0.5) is 17.1 Å². The number of nitrogens with zero attached hydrogens (tertiary/aromatic N) is 3. The first kappa shape index (κ1) is 23.1. The number of hydrogen-bond acceptors (Lipinski definition) is 7. The summed E-state index contributed by atoms with van der Waals surface area (Å²) < 4.78 is 1.58. The van der Waals surface area contributed by atoms with Gasteiger partial charge in [-0.05, 0) is 44.0 Å². The number of aliphatic hydroxyl groups is 1. The molecule has 0 aliphatic heterocycles. The van der Waals surface area contributed by atoms with Crippen molar-refractivity contribution in [1.82, 2.24) is 14.9 Å². The van der Waals surface area contributed by atoms with Gasteiger partial charge in [0.05, 0.1) is 17.2 Å². The van der Waals surface area contributed by atoms with Crippen molar-refractivity contribution in [2.45, 2.75) is 50.9 Å². The molecule has 9 heteroatoms. The molecule has 0 bridgehead atoms. The molecule has 172 valence electrons. The quantitative estimate of drug-likeness (QED) is 0.309. The summed E-state index contributed by atoms with van der Waals surface area (Å²) in [6.45, 7) is 1.89. The summed E-state index contributed by atoms with van der Waals surface area (Å²) in [5.41, 5.74) is 2.75. The van der Waals surface area contributed by atoms with E-state index in [1.165, 1.54) is 25.1 Å². The number of fused-ring (bicyclic) bond motifs is 1. The third-order valence-corrected chi connectivity index (χ3v) is 6.45. The van der Waals surface area contributed by atoms with E-state index in [1.807, 2.05) is 25.1 Å². The van der Waals surface area contributed by atoms with Crippen LogP contribution in [0.25, 0.3) is 10.9 Å². The van der Waals surface area contributed by atoms with E-state index in [4.69, 9.17) is 11.6 Å². The lowest BCUT2D eigenvalue weighted by Gasteiger charge is -2.26. The number of rotatable bonds is 7. The molecule has 0 amide bonds. The molecule has 2 atom stereocenters. The number of nitriles is 1. The lowest BCUT2D eigenvalue weighted by Crippen LogP contribution is -2.46. The van der Waals surface area contributed by atoms with Crippen LogP contribution in [0.2, 0.25) is 5.15 Å². The summed E-state index contributed by atoms with van der Waals surface area (Å²) in [6.07, 6.45) is 5.28. The molecule has 0 saturated heterocycles. The number of benzene rings is 1. The Morgan fingerprint density at radius 1 is 1.24 bits per heavy atom. The van der Waals surface area contributed by atoms with Crippen molar-refractivity contribution in [3.8, 4) is 6.07 Å². The number of aromatic nitrogens is 2. The van der Waals surface area contributed by atoms with Gasteiger partial charge in [0.1, 0.15) is 23.0 Å². The van der Waals surface area contributed by atoms with Crippen molar-refractivity contribution in [3.05, 3.63) is 57.6 Å². The first-order chi connectivity index (χ1) is 15.9. The van der Waals surface area contributed by atoms with E-state index in [2.05, 4.69) is 27.0 Å². The second-order valence-corrected chi connectivity index (χ2v) is 8.83. The van der Waals surface area contributed by atoms with Gasteiger partial charge in [-0.3, -0.25) is 10.1 Å². The molecule has 0 spiro atoms. The SMILES string of the molecule is C[C@@H](Nc1cc(=O)n(C)c2ccc(Nc3ccnc(Cl)c3C#N)cc12)C(O)NC1CCCC1. The van der Waals surface area contributed by atoms with Gasteiger partial charge < -0.3 is 20.3 Å². The summed E-state index contributed by atoms with van der Waals surface area (Å²) in [5, 5.41) is 30.8. The molecule has 0 radical (unpaired) electrons. The highest BCUT2D eigenvalue weighted by Gasteiger charge is 2.22. The van der Waals surface area contributed by atoms with Crippen molar-refractivity contribution in [3.63, 3.8) is 0 Å². The van der Waals surface area contributed by atoms with Gasteiger partial charge in [0, 0.05) is 42.1 Å². The summed E-state index contributed by atoms with van der Waals surface area (Å²) in [7, 11) is 1.72. The standard InChI is InChI=1S/C24H27ClN6O2/c1-14(24(33)30-15-5-3-4-6-15)28-20-12-22(32)31(2)21-8-7-16(11-17(20)21)29-19-9-10-27-23(25)18(19)13-26/h7-12,14-15,24,28,30,33H,3-6H2,1-2H3,(H,27,29)/t14-,24?/m1/s1. The van der Waals surface area contributed by atoms with Crippen LogP contribution in [0.1, 0.15) is 38.2 Å². The predicted molar refractivity (Wildman–Crippen MR) is 131 cm³/mol. The van der Waals surface area contributed by atoms with Crippen LogP contribution in [-0.4, -0.2) is 33.0 Å². The summed E-state index contributed by atoms with van der Waals surface area (Å²) in [6, 6.07) is 10.9. The molecule has 1 aliphatic rings. The van der Waals surface area contributed by atoms with E-state index >= 15 is 0 Å². The Morgan fingerprint density at radius 3 is 2.73 bits per heavy atom. The van der Waals surface area contributed by atoms with E-state index in [1.54, 1.807) is 17.7 Å². The second-order valence-electron chi connectivity index (χ2n) is 8.47. The van der Waals surface area contributed by atoms with Crippen LogP contribution in [0.3, 0.4) is 0 Å². The zero-order chi connectivity index (χ0) is 23.5. The zero-order valence-electron chi connectivity index (χ0n) is 18.6. The molecule has 33 heavy (non-hydrogen) atoms. The summed E-state index contributed by atoms with van der Waals surface area (Å²) in [4.78, 5) is 16.5. The first-order valence-corrected chi connectivity index (χ1v) is 11.4. The topological polar surface area (TPSA) is 115 Å². The van der Waals surface area contributed by atoms with Crippen molar-refractivity contribution < 1.29 is 5.11 Å². The number of nitrogens with one attached hydrogen (secondary N) is 3. The molecule has 3 aromatic rings. The lowest BCUT2D eigenvalue weighted by molar-refractivity contribution is 0.108. The minimum Gasteiger partial charge on any atom is -0.378 e. The van der Waals surface area contributed by atoms with Gasteiger partial charge in [-0.2, -0.15) is 5.26 Å². The third-order valence-electron chi connectivity index (χ3n) is 6.16. The largest absolute Gasteiger partial charge is 0.378 e. The normalized spacial score (nSPS) is 15.8. The number of aliphatic hydroxyl groups excluding tert-OH is 1. The van der Waals surface area contributed by atoms with E-state index in [0.29, 0.717) is 17.4 Å². The van der Waals surface area contributed by atoms with Crippen molar-refractivity contribution in [2.75, 3.05) is 10.6 Å². The Balaban J connectivity index is 1.65. The highest BCUT2D eigenvalue weighted by atomic mass is 35.5. The Labute approximate surface area is 197 Å². The van der Waals surface area contributed by atoms with E-state index < -0.39 is 6.23 Å². The predicted octanol–water partition coefficient (Wildman–Crippen LogP) is 3.85. The third kappa shape index (κ3) is 4.96. The van der Waals surface area contributed by atoms with Crippen LogP contribution in [0.5, 0.6) is 0 Å². The van der Waals surface area contributed by atoms with Gasteiger partial charge >= 0.3 is 0 Å². The molecule has 4 rings (SSSR count). The minimum atomic E-state index is -0.745. The lowest BCUT2D eigenvalue weighted by atomic mass is 10.1. The molecule has 2 heterocycles. The highest BCUT2D eigenvalue weighted by Crippen LogP contribution is 2.29. The van der Waals surface area contributed by atoms with Gasteiger partial charge in [0.25, 0.3) is 5.56 Å². The van der Waals surface area contributed by atoms with Gasteiger partial charge in [0.15, 0.2) is 0 Å². The Morgan fingerprint density at radius 2 is 2.00 bits per heavy atom. The van der Waals surface area contributed by atoms with Crippen molar-refractivity contribution in [1.29, 1.82) is 5.26 Å². The van der Waals surface area contributed by atoms with Gasteiger partial charge in [0.2, 0.25) is 0 Å². The maximum absolute atomic E-state index is 12.6. The van der Waals surface area contributed by atoms with Crippen LogP contribution < -0.4 is 21.5 Å². The minimum absolute atomic E-state index is 0.130. The summed E-state index contributed by atoms with van der Waals surface area (Å²) in [5.74, 6) is 0. The molecular weight excluding hydrogens is 440 g/mol. The zero-order valence-corrected chi connectivity index (χ0v) is 19.4. The van der Waals surface area contributed by atoms with Crippen LogP contribution >= 0.6 is 11.6 Å². The van der Waals surface area contributed by atoms with Crippen molar-refractivity contribution >= 4 is 39.6 Å². The fourth-order valence-corrected chi connectivity index (χ4v) is 4.46. The number of halogens is 1. The van der Waals surface area contributed by atoms with E-state index in [-0.39, 0.29) is 22.3 Å². The molecule has 4 N–H and O–H groups in total. The number of pyridine rings is 2. The highest BCUT2D eigenvalue weighted by molar-refractivity contribution is 6.31. The fourth-order valence-electron chi connectivity index (χ4n) is 4.26. The number of hydrogen-bond donors (Lipinski definition) is 4. The first-order valence-electron chi connectivity index (χ1n) is 11.0. The maximum atomic E-state index is 12.6. The van der Waals surface area contributed by atoms with Crippen LogP contribution in [0.15, 0.2) is 41.3 Å². The van der Waals surface area contributed by atoms with Crippen LogP contribution in [0, 0.1) is 11.3 Å². The Bertz CT molecular complexity index is 1260. The average molecular weight is 467 g/mol. The fraction of sp³-hybridized carbons (Fsp3) is 0.375. The average Bonchev–Trinajstić information content (AvgIpc) is 3.30. The monoisotopic (exact) mass is 466 g/mol. The molecule has 1 aromatic carbocycles. The van der Waals surface area contributed by atoms with Crippen molar-refractivity contribution in [2.24, 2.45) is 7.05 Å². The Hall–Kier alpha value is -3.12. The number of anilines is 3. The molecule has 8 nitrogen and oxygen atoms in total. The van der Waals surface area contributed by atoms with Gasteiger partial charge in [-0.1, -0.05) is 24.4 Å². The molecule has 1 fully saturated rings. The second kappa shape index (κ2) is 9.79. The smallest absolute Gasteiger partial charge is 0.252 e. The van der Waals surface area contributed by atoms with Gasteiger partial charge in [-0.25, -0.2) is 4.98 Å². The molecule has 1 unspecified atom stereocenters. The number of aryl methyl sites for hydroxylation is 1. The molecule has 1 aliphatic carbocycles. The summed E-state index contributed by atoms with van der Waals surface area (Å²) >= 11 is 6.05. The molecule has 1 saturated carbocycles.